The lowest BCUT2D eigenvalue weighted by Gasteiger charge is -2.25. The molecule has 0 amide bonds. The minimum absolute atomic E-state index is 0.0523. The fraction of sp³-hybridized carbons (Fsp3) is 0.500. The lowest BCUT2D eigenvalue weighted by Crippen LogP contribution is -2.40. The van der Waals surface area contributed by atoms with Gasteiger partial charge in [-0.1, -0.05) is 6.92 Å². The van der Waals surface area contributed by atoms with Crippen molar-refractivity contribution in [1.82, 2.24) is 9.29 Å². The van der Waals surface area contributed by atoms with Gasteiger partial charge in [-0.2, -0.15) is 4.31 Å². The number of fused-ring (bicyclic) bond motifs is 1. The van der Waals surface area contributed by atoms with Crippen LogP contribution in [0.15, 0.2) is 23.1 Å². The average Bonchev–Trinajstić information content (AvgIpc) is 2.99. The maximum absolute atomic E-state index is 12.9. The van der Waals surface area contributed by atoms with Gasteiger partial charge in [0.1, 0.15) is 0 Å². The van der Waals surface area contributed by atoms with E-state index in [-0.39, 0.29) is 22.9 Å². The van der Waals surface area contributed by atoms with E-state index < -0.39 is 25.9 Å². The summed E-state index contributed by atoms with van der Waals surface area (Å²) in [5.74, 6) is -0.0429. The molecular weight excluding hydrogens is 356 g/mol. The van der Waals surface area contributed by atoms with Crippen LogP contribution in [0.2, 0.25) is 0 Å². The molecule has 2 aromatic rings. The molecule has 0 saturated carbocycles. The molecule has 1 atom stereocenters. The quantitative estimate of drug-likeness (QED) is 0.815. The third kappa shape index (κ3) is 3.15. The molecule has 1 aliphatic heterocycles. The molecule has 0 bridgehead atoms. The number of hydrogen-bond donors (Lipinski definition) is 0. The van der Waals surface area contributed by atoms with E-state index >= 15 is 0 Å². The summed E-state index contributed by atoms with van der Waals surface area (Å²) in [4.78, 5) is 4.52. The first kappa shape index (κ1) is 16.8. The van der Waals surface area contributed by atoms with Crippen LogP contribution in [-0.4, -0.2) is 50.2 Å². The van der Waals surface area contributed by atoms with Crippen molar-refractivity contribution in [3.8, 4) is 0 Å². The summed E-state index contributed by atoms with van der Waals surface area (Å²) >= 11 is 1.44. The van der Waals surface area contributed by atoms with Crippen molar-refractivity contribution in [3.05, 3.63) is 23.2 Å². The molecule has 0 radical (unpaired) electrons. The third-order valence-corrected chi connectivity index (χ3v) is 8.71. The second kappa shape index (κ2) is 5.80. The van der Waals surface area contributed by atoms with Gasteiger partial charge in [0.15, 0.2) is 9.84 Å². The number of aryl methyl sites for hydroxylation is 1. The zero-order valence-corrected chi connectivity index (χ0v) is 15.3. The van der Waals surface area contributed by atoms with E-state index in [2.05, 4.69) is 4.98 Å². The number of nitrogens with zero attached hydrogens (tertiary/aromatic N) is 2. The van der Waals surface area contributed by atoms with Crippen LogP contribution in [0.25, 0.3) is 10.2 Å². The average molecular weight is 375 g/mol. The summed E-state index contributed by atoms with van der Waals surface area (Å²) in [6, 6.07) is 4.39. The highest BCUT2D eigenvalue weighted by molar-refractivity contribution is 7.92. The largest absolute Gasteiger partial charge is 0.243 e. The highest BCUT2D eigenvalue weighted by atomic mass is 32.2. The summed E-state index contributed by atoms with van der Waals surface area (Å²) in [5, 5.41) is 0.879. The van der Waals surface area contributed by atoms with Crippen LogP contribution in [0.1, 0.15) is 18.4 Å². The van der Waals surface area contributed by atoms with Crippen LogP contribution >= 0.6 is 11.3 Å². The predicted octanol–water partition coefficient (Wildman–Crippen LogP) is 1.80. The molecular formula is C14H18N2O4S3. The molecule has 9 heteroatoms. The first-order valence-corrected chi connectivity index (χ1v) is 11.4. The van der Waals surface area contributed by atoms with Crippen molar-refractivity contribution in [3.63, 3.8) is 0 Å². The molecule has 1 aromatic carbocycles. The Balaban J connectivity index is 2.00. The first-order chi connectivity index (χ1) is 10.7. The number of aromatic nitrogens is 1. The van der Waals surface area contributed by atoms with Crippen LogP contribution < -0.4 is 0 Å². The van der Waals surface area contributed by atoms with Gasteiger partial charge in [-0.3, -0.25) is 0 Å². The van der Waals surface area contributed by atoms with Crippen molar-refractivity contribution < 1.29 is 16.8 Å². The lowest BCUT2D eigenvalue weighted by molar-refractivity contribution is 0.354. The molecule has 0 unspecified atom stereocenters. The van der Waals surface area contributed by atoms with Gasteiger partial charge < -0.3 is 0 Å². The van der Waals surface area contributed by atoms with E-state index in [1.54, 1.807) is 25.1 Å². The molecule has 2 heterocycles. The van der Waals surface area contributed by atoms with Crippen LogP contribution in [0.3, 0.4) is 0 Å². The van der Waals surface area contributed by atoms with Crippen molar-refractivity contribution >= 4 is 41.4 Å². The van der Waals surface area contributed by atoms with Crippen LogP contribution in [0, 0.1) is 6.92 Å². The molecule has 0 spiro atoms. The molecule has 1 fully saturated rings. The maximum Gasteiger partial charge on any atom is 0.243 e. The molecule has 3 rings (SSSR count). The van der Waals surface area contributed by atoms with Crippen LogP contribution in [0.5, 0.6) is 0 Å². The monoisotopic (exact) mass is 374 g/mol. The maximum atomic E-state index is 12.9. The highest BCUT2D eigenvalue weighted by Crippen LogP contribution is 2.29. The second-order valence-electron chi connectivity index (χ2n) is 5.63. The minimum atomic E-state index is -3.72. The SMILES string of the molecule is CCN([C@H]1CCS(=O)(=O)C1)S(=O)(=O)c1ccc2nc(C)sc2c1. The standard InChI is InChI=1S/C14H18N2O4S3/c1-3-16(11-6-7-22(17,18)9-11)23(19,20)12-4-5-13-14(8-12)21-10(2)15-13/h4-5,8,11H,3,6-7,9H2,1-2H3/t11-/m0/s1. The van der Waals surface area contributed by atoms with Gasteiger partial charge in [0, 0.05) is 12.6 Å². The fourth-order valence-electron chi connectivity index (χ4n) is 2.94. The van der Waals surface area contributed by atoms with E-state index in [0.717, 1.165) is 15.2 Å². The molecule has 23 heavy (non-hydrogen) atoms. The second-order valence-corrected chi connectivity index (χ2v) is 11.0. The van der Waals surface area contributed by atoms with Gasteiger partial charge in [-0.05, 0) is 31.5 Å². The summed E-state index contributed by atoms with van der Waals surface area (Å²) in [7, 11) is -6.86. The summed E-state index contributed by atoms with van der Waals surface area (Å²) < 4.78 is 51.3. The normalized spacial score (nSPS) is 21.3. The Bertz CT molecular complexity index is 948. The Morgan fingerprint density at radius 3 is 2.74 bits per heavy atom. The minimum Gasteiger partial charge on any atom is -0.242 e. The summed E-state index contributed by atoms with van der Waals surface area (Å²) in [5.41, 5.74) is 0.776. The van der Waals surface area contributed by atoms with Gasteiger partial charge in [0.25, 0.3) is 0 Å². The van der Waals surface area contributed by atoms with Crippen molar-refractivity contribution in [1.29, 1.82) is 0 Å². The van der Waals surface area contributed by atoms with Gasteiger partial charge in [0.2, 0.25) is 10.0 Å². The highest BCUT2D eigenvalue weighted by Gasteiger charge is 2.38. The smallest absolute Gasteiger partial charge is 0.242 e. The molecule has 0 aliphatic carbocycles. The Morgan fingerprint density at radius 1 is 1.39 bits per heavy atom. The number of rotatable bonds is 4. The van der Waals surface area contributed by atoms with Crippen molar-refractivity contribution in [2.24, 2.45) is 0 Å². The molecule has 0 N–H and O–H groups in total. The predicted molar refractivity (Wildman–Crippen MR) is 91.0 cm³/mol. The topological polar surface area (TPSA) is 84.4 Å². The zero-order chi connectivity index (χ0) is 16.8. The van der Waals surface area contributed by atoms with E-state index in [9.17, 15) is 16.8 Å². The van der Waals surface area contributed by atoms with Crippen molar-refractivity contribution in [2.75, 3.05) is 18.1 Å². The molecule has 6 nitrogen and oxygen atoms in total. The molecule has 1 saturated heterocycles. The third-order valence-electron chi connectivity index (χ3n) is 4.00. The van der Waals surface area contributed by atoms with E-state index in [1.165, 1.54) is 15.6 Å². The van der Waals surface area contributed by atoms with Gasteiger partial charge in [-0.15, -0.1) is 11.3 Å². The summed E-state index contributed by atoms with van der Waals surface area (Å²) in [6.07, 6.45) is 0.358. The van der Waals surface area contributed by atoms with Gasteiger partial charge in [0.05, 0.1) is 31.6 Å². The van der Waals surface area contributed by atoms with Crippen LogP contribution in [-0.2, 0) is 19.9 Å². The van der Waals surface area contributed by atoms with Gasteiger partial charge in [-0.25, -0.2) is 21.8 Å². The van der Waals surface area contributed by atoms with E-state index in [4.69, 9.17) is 0 Å². The van der Waals surface area contributed by atoms with E-state index in [0.29, 0.717) is 6.42 Å². The lowest BCUT2D eigenvalue weighted by atomic mass is 10.3. The number of sulfonamides is 1. The molecule has 126 valence electrons. The number of hydrogen-bond acceptors (Lipinski definition) is 6. The molecule has 1 aliphatic rings. The number of sulfone groups is 1. The Labute approximate surface area is 140 Å². The zero-order valence-electron chi connectivity index (χ0n) is 12.9. The van der Waals surface area contributed by atoms with E-state index in [1.807, 2.05) is 6.92 Å². The number of thiazole rings is 1. The number of benzene rings is 1. The van der Waals surface area contributed by atoms with Crippen molar-refractivity contribution in [2.45, 2.75) is 31.2 Å². The van der Waals surface area contributed by atoms with Crippen LogP contribution in [0.4, 0.5) is 0 Å². The Kier molecular flexibility index (Phi) is 4.24. The fourth-order valence-corrected chi connectivity index (χ4v) is 7.40. The first-order valence-electron chi connectivity index (χ1n) is 7.32. The summed E-state index contributed by atoms with van der Waals surface area (Å²) in [6.45, 7) is 3.86. The van der Waals surface area contributed by atoms with Gasteiger partial charge >= 0.3 is 0 Å². The molecule has 1 aromatic heterocycles. The Morgan fingerprint density at radius 2 is 2.13 bits per heavy atom. The Hall–Kier alpha value is -1.03.